The molecule has 0 N–H and O–H groups in total. The Hall–Kier alpha value is -2.19. The van der Waals surface area contributed by atoms with E-state index in [-0.39, 0.29) is 17.9 Å². The van der Waals surface area contributed by atoms with Gasteiger partial charge in [-0.3, -0.25) is 0 Å². The number of nitrogens with zero attached hydrogens (tertiary/aromatic N) is 6. The van der Waals surface area contributed by atoms with E-state index in [4.69, 9.17) is 0 Å². The molecule has 0 amide bonds. The molecule has 2 aromatic heterocycles. The smallest absolute Gasteiger partial charge is 0.329 e. The van der Waals surface area contributed by atoms with Crippen molar-refractivity contribution in [1.29, 1.82) is 0 Å². The van der Waals surface area contributed by atoms with Crippen LogP contribution in [0.1, 0.15) is 50.1 Å². The van der Waals surface area contributed by atoms with Crippen LogP contribution in [-0.4, -0.2) is 31.3 Å². The van der Waals surface area contributed by atoms with Gasteiger partial charge in [-0.05, 0) is 13.0 Å². The van der Waals surface area contributed by atoms with E-state index >= 15 is 0 Å². The van der Waals surface area contributed by atoms with Crippen LogP contribution < -0.4 is 4.90 Å². The predicted molar refractivity (Wildman–Crippen MR) is 76.9 cm³/mol. The third-order valence-electron chi connectivity index (χ3n) is 3.92. The average Bonchev–Trinajstić information content (AvgIpc) is 2.92. The average molecular weight is 326 g/mol. The van der Waals surface area contributed by atoms with E-state index in [0.29, 0.717) is 13.1 Å². The van der Waals surface area contributed by atoms with E-state index in [0.717, 1.165) is 23.9 Å². The molecule has 3 rings (SSSR count). The second kappa shape index (κ2) is 5.47. The van der Waals surface area contributed by atoms with Gasteiger partial charge in [-0.1, -0.05) is 13.8 Å². The van der Waals surface area contributed by atoms with Crippen molar-refractivity contribution in [2.75, 3.05) is 11.4 Å². The monoisotopic (exact) mass is 326 g/mol. The highest BCUT2D eigenvalue weighted by Crippen LogP contribution is 2.32. The fraction of sp³-hybridized carbons (Fsp3) is 0.571. The van der Waals surface area contributed by atoms with Gasteiger partial charge in [0.15, 0.2) is 5.82 Å². The Kier molecular flexibility index (Phi) is 3.73. The summed E-state index contributed by atoms with van der Waals surface area (Å²) in [7, 11) is 0. The maximum atomic E-state index is 12.8. The van der Waals surface area contributed by atoms with Crippen LogP contribution in [0.3, 0.4) is 0 Å². The number of fused-ring (bicyclic) bond motifs is 1. The quantitative estimate of drug-likeness (QED) is 0.849. The largest absolute Gasteiger partial charge is 0.433 e. The zero-order valence-electron chi connectivity index (χ0n) is 13.0. The molecule has 0 aromatic carbocycles. The molecular weight excluding hydrogens is 309 g/mol. The van der Waals surface area contributed by atoms with E-state index in [2.05, 4.69) is 20.2 Å². The van der Waals surface area contributed by atoms with Gasteiger partial charge in [0.25, 0.3) is 0 Å². The van der Waals surface area contributed by atoms with Gasteiger partial charge >= 0.3 is 6.18 Å². The summed E-state index contributed by atoms with van der Waals surface area (Å²) in [5, 5.41) is 8.40. The fourth-order valence-corrected chi connectivity index (χ4v) is 2.75. The molecule has 0 spiro atoms. The lowest BCUT2D eigenvalue weighted by Gasteiger charge is -2.34. The zero-order chi connectivity index (χ0) is 16.8. The molecule has 1 aliphatic heterocycles. The molecule has 23 heavy (non-hydrogen) atoms. The Morgan fingerprint density at radius 2 is 1.96 bits per heavy atom. The van der Waals surface area contributed by atoms with Gasteiger partial charge < -0.3 is 9.47 Å². The van der Waals surface area contributed by atoms with Crippen LogP contribution in [0.15, 0.2) is 12.3 Å². The summed E-state index contributed by atoms with van der Waals surface area (Å²) in [5.74, 6) is 1.91. The molecule has 0 radical (unpaired) electrons. The van der Waals surface area contributed by atoms with Gasteiger partial charge in [-0.15, -0.1) is 10.2 Å². The fourth-order valence-electron chi connectivity index (χ4n) is 2.75. The first-order chi connectivity index (χ1) is 10.8. The minimum atomic E-state index is -4.48. The van der Waals surface area contributed by atoms with Crippen molar-refractivity contribution in [2.45, 2.75) is 45.5 Å². The topological polar surface area (TPSA) is 59.7 Å². The molecule has 0 bridgehead atoms. The van der Waals surface area contributed by atoms with E-state index in [1.807, 2.05) is 25.3 Å². The number of hydrogen-bond donors (Lipinski definition) is 0. The van der Waals surface area contributed by atoms with Crippen LogP contribution in [-0.2, 0) is 12.7 Å². The van der Waals surface area contributed by atoms with Crippen molar-refractivity contribution in [3.8, 4) is 0 Å². The third-order valence-corrected chi connectivity index (χ3v) is 3.92. The van der Waals surface area contributed by atoms with Crippen molar-refractivity contribution in [1.82, 2.24) is 24.7 Å². The van der Waals surface area contributed by atoms with Gasteiger partial charge in [-0.25, -0.2) is 9.97 Å². The molecule has 6 nitrogen and oxygen atoms in total. The van der Waals surface area contributed by atoms with E-state index < -0.39 is 11.9 Å². The minimum absolute atomic E-state index is 0.0627. The number of alkyl halides is 3. The van der Waals surface area contributed by atoms with Crippen LogP contribution in [0.25, 0.3) is 0 Å². The molecular formula is C14H17F3N6. The number of halogens is 3. The first-order valence-electron chi connectivity index (χ1n) is 7.39. The first kappa shape index (κ1) is 15.7. The van der Waals surface area contributed by atoms with E-state index in [9.17, 15) is 13.2 Å². The summed E-state index contributed by atoms with van der Waals surface area (Å²) in [4.78, 5) is 9.39. The van der Waals surface area contributed by atoms with Crippen molar-refractivity contribution < 1.29 is 13.2 Å². The molecule has 1 aliphatic rings. The van der Waals surface area contributed by atoms with Crippen LogP contribution in [0, 0.1) is 0 Å². The van der Waals surface area contributed by atoms with E-state index in [1.54, 1.807) is 4.90 Å². The van der Waals surface area contributed by atoms with Crippen molar-refractivity contribution in [3.05, 3.63) is 29.6 Å². The number of anilines is 1. The molecule has 2 aromatic rings. The van der Waals surface area contributed by atoms with Crippen LogP contribution in [0.2, 0.25) is 0 Å². The molecule has 124 valence electrons. The second-order valence-corrected chi connectivity index (χ2v) is 5.83. The Bertz CT molecular complexity index is 709. The molecule has 1 atom stereocenters. The summed E-state index contributed by atoms with van der Waals surface area (Å²) in [6, 6.07) is 0.629. The van der Waals surface area contributed by atoms with Gasteiger partial charge in [0.1, 0.15) is 11.5 Å². The number of rotatable bonds is 2. The predicted octanol–water partition coefficient (Wildman–Crippen LogP) is 2.79. The summed E-state index contributed by atoms with van der Waals surface area (Å²) in [6.45, 7) is 7.04. The molecule has 0 saturated heterocycles. The molecule has 3 heterocycles. The van der Waals surface area contributed by atoms with Gasteiger partial charge in [0.2, 0.25) is 5.95 Å². The van der Waals surface area contributed by atoms with Crippen molar-refractivity contribution in [2.24, 2.45) is 0 Å². The molecule has 9 heteroatoms. The minimum Gasteiger partial charge on any atom is -0.329 e. The van der Waals surface area contributed by atoms with Crippen molar-refractivity contribution >= 4 is 5.95 Å². The van der Waals surface area contributed by atoms with Gasteiger partial charge in [0, 0.05) is 25.2 Å². The summed E-state index contributed by atoms with van der Waals surface area (Å²) in [5.41, 5.74) is -0.940. The summed E-state index contributed by atoms with van der Waals surface area (Å²) in [6.07, 6.45) is -3.35. The van der Waals surface area contributed by atoms with Crippen LogP contribution in [0.5, 0.6) is 0 Å². The zero-order valence-corrected chi connectivity index (χ0v) is 13.0. The second-order valence-electron chi connectivity index (χ2n) is 5.83. The third kappa shape index (κ3) is 2.75. The maximum Gasteiger partial charge on any atom is 0.433 e. The van der Waals surface area contributed by atoms with Gasteiger partial charge in [0.05, 0.1) is 6.04 Å². The number of hydrogen-bond acceptors (Lipinski definition) is 5. The maximum absolute atomic E-state index is 12.8. The Morgan fingerprint density at radius 1 is 1.22 bits per heavy atom. The highest BCUT2D eigenvalue weighted by Gasteiger charge is 2.35. The standard InChI is InChI=1S/C14H17F3N6/c1-8(2)11-20-21-12-9(3)22(6-7-23(11)12)13-18-5-4-10(19-13)14(15,16)17/h4-5,8-9H,6-7H2,1-3H3. The lowest BCUT2D eigenvalue weighted by Crippen LogP contribution is -2.39. The molecule has 0 saturated carbocycles. The van der Waals surface area contributed by atoms with E-state index in [1.165, 1.54) is 0 Å². The Labute approximate surface area is 131 Å². The normalized spacial score (nSPS) is 18.4. The SMILES string of the molecule is CC(C)c1nnc2n1CCN(c1nccc(C(F)(F)F)n1)C2C. The lowest BCUT2D eigenvalue weighted by molar-refractivity contribution is -0.141. The van der Waals surface area contributed by atoms with Crippen LogP contribution in [0.4, 0.5) is 19.1 Å². The number of aromatic nitrogens is 5. The Balaban J connectivity index is 1.94. The lowest BCUT2D eigenvalue weighted by atomic mass is 10.1. The highest BCUT2D eigenvalue weighted by molar-refractivity contribution is 5.35. The summed E-state index contributed by atoms with van der Waals surface area (Å²) < 4.78 is 40.5. The molecule has 0 aliphatic carbocycles. The van der Waals surface area contributed by atoms with Crippen molar-refractivity contribution in [3.63, 3.8) is 0 Å². The highest BCUT2D eigenvalue weighted by atomic mass is 19.4. The van der Waals surface area contributed by atoms with Crippen LogP contribution >= 0.6 is 0 Å². The molecule has 0 fully saturated rings. The first-order valence-corrected chi connectivity index (χ1v) is 7.39. The Morgan fingerprint density at radius 3 is 2.61 bits per heavy atom. The van der Waals surface area contributed by atoms with Gasteiger partial charge in [-0.2, -0.15) is 13.2 Å². The summed E-state index contributed by atoms with van der Waals surface area (Å²) >= 11 is 0. The molecule has 1 unspecified atom stereocenters.